The summed E-state index contributed by atoms with van der Waals surface area (Å²) in [6.45, 7) is 0.814. The van der Waals surface area contributed by atoms with Crippen LogP contribution < -0.4 is 0 Å². The van der Waals surface area contributed by atoms with Gasteiger partial charge in [-0.15, -0.1) is 0 Å². The van der Waals surface area contributed by atoms with Gasteiger partial charge in [0.25, 0.3) is 10.1 Å². The van der Waals surface area contributed by atoms with Gasteiger partial charge in [0, 0.05) is 22.4 Å². The van der Waals surface area contributed by atoms with Crippen LogP contribution in [0.25, 0.3) is 0 Å². The monoisotopic (exact) mass is 434 g/mol. The third-order valence-corrected chi connectivity index (χ3v) is 3.83. The molecule has 138 valence electrons. The van der Waals surface area contributed by atoms with Crippen molar-refractivity contribution < 1.29 is 27.6 Å². The first kappa shape index (κ1) is 20.0. The van der Waals surface area contributed by atoms with Crippen molar-refractivity contribution in [3.8, 4) is 0 Å². The topological polar surface area (TPSA) is 111 Å². The molecule has 0 amide bonds. The minimum Gasteiger partial charge on any atom is -0.394 e. The molecule has 0 saturated carbocycles. The Bertz CT molecular complexity index is 758. The van der Waals surface area contributed by atoms with E-state index in [9.17, 15) is 13.5 Å². The standard InChI is InChI=1S/C14H15BrN2O3.CH4O3S/c15-12-3-1-11(2-4-12)14(9-17-6-5-16-10-17)19-8-13(7-18)20-14;1-5(2,3)4/h1-6,10,13,18H,7-9H2;1H3,(H,2,3,4)/t13-,14-;/m1./s1. The first-order chi connectivity index (χ1) is 11.7. The maximum atomic E-state index is 9.28. The van der Waals surface area contributed by atoms with E-state index in [2.05, 4.69) is 20.9 Å². The number of ether oxygens (including phenoxy) is 2. The first-order valence-electron chi connectivity index (χ1n) is 7.29. The summed E-state index contributed by atoms with van der Waals surface area (Å²) in [5, 5.41) is 9.28. The summed E-state index contributed by atoms with van der Waals surface area (Å²) in [7, 11) is -3.67. The van der Waals surface area contributed by atoms with Crippen LogP contribution in [0.4, 0.5) is 0 Å². The minimum atomic E-state index is -3.67. The molecule has 10 heteroatoms. The fourth-order valence-corrected chi connectivity index (χ4v) is 2.57. The van der Waals surface area contributed by atoms with E-state index >= 15 is 0 Å². The normalized spacial score (nSPS) is 23.1. The molecule has 25 heavy (non-hydrogen) atoms. The number of hydrogen-bond acceptors (Lipinski definition) is 6. The van der Waals surface area contributed by atoms with Crippen LogP contribution in [0.2, 0.25) is 0 Å². The number of hydrogen-bond donors (Lipinski definition) is 2. The Kier molecular flexibility index (Phi) is 6.72. The summed E-state index contributed by atoms with van der Waals surface area (Å²) >= 11 is 3.42. The van der Waals surface area contributed by atoms with Crippen molar-refractivity contribution >= 4 is 26.0 Å². The van der Waals surface area contributed by atoms with Crippen molar-refractivity contribution in [2.45, 2.75) is 18.4 Å². The molecule has 8 nitrogen and oxygen atoms in total. The molecule has 0 radical (unpaired) electrons. The lowest BCUT2D eigenvalue weighted by Crippen LogP contribution is -2.33. The van der Waals surface area contributed by atoms with E-state index in [1.807, 2.05) is 35.0 Å². The Morgan fingerprint density at radius 1 is 1.40 bits per heavy atom. The van der Waals surface area contributed by atoms with E-state index in [0.29, 0.717) is 19.4 Å². The zero-order valence-electron chi connectivity index (χ0n) is 13.4. The summed E-state index contributed by atoms with van der Waals surface area (Å²) in [5.41, 5.74) is 0.922. The maximum Gasteiger partial charge on any atom is 0.261 e. The lowest BCUT2D eigenvalue weighted by atomic mass is 10.1. The van der Waals surface area contributed by atoms with Gasteiger partial charge in [0.15, 0.2) is 0 Å². The van der Waals surface area contributed by atoms with Gasteiger partial charge in [-0.1, -0.05) is 28.1 Å². The highest BCUT2D eigenvalue weighted by atomic mass is 79.9. The minimum absolute atomic E-state index is 0.0534. The third kappa shape index (κ3) is 6.17. The average Bonchev–Trinajstić information content (AvgIpc) is 3.17. The van der Waals surface area contributed by atoms with Crippen LogP contribution in [0.15, 0.2) is 47.5 Å². The van der Waals surface area contributed by atoms with Gasteiger partial charge in [-0.25, -0.2) is 4.98 Å². The Morgan fingerprint density at radius 3 is 2.52 bits per heavy atom. The molecule has 2 heterocycles. The molecule has 0 aliphatic carbocycles. The predicted molar refractivity (Wildman–Crippen MR) is 93.4 cm³/mol. The second-order valence-electron chi connectivity index (χ2n) is 5.46. The molecule has 2 aromatic rings. The molecule has 1 fully saturated rings. The first-order valence-corrected chi connectivity index (χ1v) is 9.93. The van der Waals surface area contributed by atoms with E-state index in [4.69, 9.17) is 14.0 Å². The van der Waals surface area contributed by atoms with Gasteiger partial charge in [0.2, 0.25) is 5.79 Å². The van der Waals surface area contributed by atoms with Crippen molar-refractivity contribution in [1.29, 1.82) is 0 Å². The maximum absolute atomic E-state index is 9.28. The lowest BCUT2D eigenvalue weighted by molar-refractivity contribution is -0.190. The number of imidazole rings is 1. The molecular weight excluding hydrogens is 416 g/mol. The molecule has 1 saturated heterocycles. The largest absolute Gasteiger partial charge is 0.394 e. The van der Waals surface area contributed by atoms with Crippen LogP contribution in [0.3, 0.4) is 0 Å². The van der Waals surface area contributed by atoms with Crippen molar-refractivity contribution in [3.63, 3.8) is 0 Å². The molecule has 1 aromatic carbocycles. The smallest absolute Gasteiger partial charge is 0.261 e. The molecule has 0 unspecified atom stereocenters. The number of nitrogens with zero attached hydrogens (tertiary/aromatic N) is 2. The van der Waals surface area contributed by atoms with E-state index in [1.165, 1.54) is 0 Å². The second kappa shape index (κ2) is 8.39. The molecule has 0 spiro atoms. The lowest BCUT2D eigenvalue weighted by Gasteiger charge is -2.29. The van der Waals surface area contributed by atoms with Gasteiger partial charge >= 0.3 is 0 Å². The number of rotatable bonds is 4. The van der Waals surface area contributed by atoms with Crippen LogP contribution in [0.1, 0.15) is 5.56 Å². The summed E-state index contributed by atoms with van der Waals surface area (Å²) in [5.74, 6) is -0.880. The van der Waals surface area contributed by atoms with Crippen LogP contribution in [-0.2, 0) is 31.9 Å². The number of aliphatic hydroxyl groups excluding tert-OH is 1. The van der Waals surface area contributed by atoms with Crippen LogP contribution in [0, 0.1) is 0 Å². The van der Waals surface area contributed by atoms with E-state index in [-0.39, 0.29) is 12.7 Å². The highest BCUT2D eigenvalue weighted by molar-refractivity contribution is 9.10. The van der Waals surface area contributed by atoms with Crippen LogP contribution in [-0.4, -0.2) is 53.2 Å². The molecule has 1 aliphatic rings. The Hall–Kier alpha value is -1.30. The molecular formula is C15H19BrN2O6S. The summed E-state index contributed by atoms with van der Waals surface area (Å²) in [4.78, 5) is 4.04. The molecule has 1 aliphatic heterocycles. The highest BCUT2D eigenvalue weighted by Crippen LogP contribution is 2.36. The summed E-state index contributed by atoms with van der Waals surface area (Å²) < 4.78 is 40.6. The van der Waals surface area contributed by atoms with E-state index in [0.717, 1.165) is 10.0 Å². The predicted octanol–water partition coefficient (Wildman–Crippen LogP) is 1.41. The van der Waals surface area contributed by atoms with Crippen molar-refractivity contribution in [3.05, 3.63) is 53.0 Å². The van der Waals surface area contributed by atoms with Gasteiger partial charge in [0.1, 0.15) is 6.10 Å². The molecule has 1 aromatic heterocycles. The molecule has 3 rings (SSSR count). The molecule has 2 N–H and O–H groups in total. The summed E-state index contributed by atoms with van der Waals surface area (Å²) in [6, 6.07) is 7.81. The average molecular weight is 435 g/mol. The van der Waals surface area contributed by atoms with E-state index in [1.54, 1.807) is 12.5 Å². The third-order valence-electron chi connectivity index (χ3n) is 3.30. The zero-order valence-corrected chi connectivity index (χ0v) is 15.9. The van der Waals surface area contributed by atoms with Gasteiger partial charge in [-0.05, 0) is 12.1 Å². The van der Waals surface area contributed by atoms with Gasteiger partial charge in [-0.2, -0.15) is 8.42 Å². The Morgan fingerprint density at radius 2 is 2.04 bits per heavy atom. The van der Waals surface area contributed by atoms with Crippen molar-refractivity contribution in [1.82, 2.24) is 9.55 Å². The zero-order chi connectivity index (χ0) is 18.5. The highest BCUT2D eigenvalue weighted by Gasteiger charge is 2.43. The van der Waals surface area contributed by atoms with Gasteiger partial charge < -0.3 is 19.1 Å². The fraction of sp³-hybridized carbons (Fsp3) is 0.400. The van der Waals surface area contributed by atoms with Crippen molar-refractivity contribution in [2.24, 2.45) is 0 Å². The van der Waals surface area contributed by atoms with Gasteiger partial charge in [-0.3, -0.25) is 4.55 Å². The van der Waals surface area contributed by atoms with Crippen LogP contribution in [0.5, 0.6) is 0 Å². The number of aliphatic hydroxyl groups is 1. The van der Waals surface area contributed by atoms with Gasteiger partial charge in [0.05, 0.1) is 32.3 Å². The van der Waals surface area contributed by atoms with E-state index < -0.39 is 15.9 Å². The Balaban J connectivity index is 0.000000399. The fourth-order valence-electron chi connectivity index (χ4n) is 2.30. The quantitative estimate of drug-likeness (QED) is 0.699. The molecule has 2 atom stereocenters. The number of aromatic nitrogens is 2. The van der Waals surface area contributed by atoms with Crippen molar-refractivity contribution in [2.75, 3.05) is 19.5 Å². The number of halogens is 1. The summed E-state index contributed by atoms with van der Waals surface area (Å²) in [6.07, 6.45) is 5.71. The second-order valence-corrected chi connectivity index (χ2v) is 7.84. The number of benzene rings is 1. The van der Waals surface area contributed by atoms with Crippen LogP contribution >= 0.6 is 15.9 Å². The molecule has 0 bridgehead atoms. The SMILES string of the molecule is CS(=O)(=O)O.OC[C@@H]1CO[C@@](Cn2ccnc2)(c2ccc(Br)cc2)O1. The Labute approximate surface area is 154 Å².